The summed E-state index contributed by atoms with van der Waals surface area (Å²) in [7, 11) is 0. The highest BCUT2D eigenvalue weighted by atomic mass is 19.4. The Bertz CT molecular complexity index is 1140. The lowest BCUT2D eigenvalue weighted by Crippen LogP contribution is -2.35. The van der Waals surface area contributed by atoms with E-state index in [1.807, 2.05) is 18.2 Å². The second-order valence-electron chi connectivity index (χ2n) is 7.53. The van der Waals surface area contributed by atoms with Crippen molar-refractivity contribution in [2.75, 3.05) is 13.1 Å². The molecule has 150 valence electrons. The van der Waals surface area contributed by atoms with Crippen LogP contribution >= 0.6 is 0 Å². The summed E-state index contributed by atoms with van der Waals surface area (Å²) < 4.78 is 42.8. The molecule has 1 N–H and O–H groups in total. The predicted octanol–water partition coefficient (Wildman–Crippen LogP) is 4.77. The first-order chi connectivity index (χ1) is 14.0. The average Bonchev–Trinajstić information content (AvgIpc) is 3.33. The minimum atomic E-state index is -4.51. The second kappa shape index (κ2) is 6.88. The third-order valence-electron chi connectivity index (χ3n) is 5.66. The summed E-state index contributed by atoms with van der Waals surface area (Å²) >= 11 is 0. The highest BCUT2D eigenvalue weighted by molar-refractivity contribution is 6.01. The maximum absolute atomic E-state index is 13.8. The molecule has 5 nitrogen and oxygen atoms in total. The minimum Gasteiger partial charge on any atom is -0.346 e. The molecule has 0 spiro atoms. The number of hydrogen-bond acceptors (Lipinski definition) is 3. The zero-order chi connectivity index (χ0) is 20.0. The predicted molar refractivity (Wildman–Crippen MR) is 104 cm³/mol. The normalized spacial score (nSPS) is 16.8. The third kappa shape index (κ3) is 3.27. The molecule has 4 heterocycles. The van der Waals surface area contributed by atoms with Gasteiger partial charge in [0.25, 0.3) is 0 Å². The molecule has 5 rings (SSSR count). The summed E-state index contributed by atoms with van der Waals surface area (Å²) in [5.41, 5.74) is 2.60. The summed E-state index contributed by atoms with van der Waals surface area (Å²) in [5, 5.41) is 0.678. The number of piperidine rings is 1. The van der Waals surface area contributed by atoms with Crippen molar-refractivity contribution < 1.29 is 13.2 Å². The Hall–Kier alpha value is -2.87. The molecule has 3 aromatic heterocycles. The first-order valence-electron chi connectivity index (χ1n) is 9.68. The molecule has 0 atom stereocenters. The lowest BCUT2D eigenvalue weighted by molar-refractivity contribution is -0.147. The number of halogens is 3. The SMILES string of the molecule is FC(F)(F)c1nc2cnc3[nH]ccc3c2n1C1CCN(Cc2ccccc2)CC1. The van der Waals surface area contributed by atoms with E-state index in [0.717, 1.165) is 19.6 Å². The Kier molecular flexibility index (Phi) is 4.31. The van der Waals surface area contributed by atoms with Gasteiger partial charge < -0.3 is 9.55 Å². The zero-order valence-electron chi connectivity index (χ0n) is 15.7. The van der Waals surface area contributed by atoms with Gasteiger partial charge >= 0.3 is 6.18 Å². The van der Waals surface area contributed by atoms with E-state index in [1.54, 1.807) is 12.3 Å². The Balaban J connectivity index is 1.49. The number of rotatable bonds is 3. The lowest BCUT2D eigenvalue weighted by atomic mass is 10.0. The van der Waals surface area contributed by atoms with Crippen molar-refractivity contribution >= 4 is 22.1 Å². The number of aromatic amines is 1. The Morgan fingerprint density at radius 1 is 1.07 bits per heavy atom. The van der Waals surface area contributed by atoms with Crippen molar-refractivity contribution in [3.63, 3.8) is 0 Å². The van der Waals surface area contributed by atoms with Gasteiger partial charge in [0.05, 0.1) is 11.7 Å². The first-order valence-corrected chi connectivity index (χ1v) is 9.68. The number of likely N-dealkylation sites (tertiary alicyclic amines) is 1. The van der Waals surface area contributed by atoms with Crippen molar-refractivity contribution in [2.45, 2.75) is 31.6 Å². The topological polar surface area (TPSA) is 49.7 Å². The molecule has 0 radical (unpaired) electrons. The van der Waals surface area contributed by atoms with Crippen molar-refractivity contribution in [3.8, 4) is 0 Å². The van der Waals surface area contributed by atoms with E-state index in [1.165, 1.54) is 16.3 Å². The molecular weight excluding hydrogens is 379 g/mol. The number of alkyl halides is 3. The highest BCUT2D eigenvalue weighted by Gasteiger charge is 2.40. The van der Waals surface area contributed by atoms with Gasteiger partial charge in [0, 0.05) is 37.3 Å². The molecule has 0 bridgehead atoms. The number of imidazole rings is 1. The van der Waals surface area contributed by atoms with E-state index < -0.39 is 12.0 Å². The van der Waals surface area contributed by atoms with E-state index in [4.69, 9.17) is 0 Å². The van der Waals surface area contributed by atoms with Crippen LogP contribution in [-0.2, 0) is 12.7 Å². The quantitative estimate of drug-likeness (QED) is 0.540. The first kappa shape index (κ1) is 18.2. The summed E-state index contributed by atoms with van der Waals surface area (Å²) in [6.45, 7) is 2.31. The van der Waals surface area contributed by atoms with Crippen LogP contribution in [0.3, 0.4) is 0 Å². The van der Waals surface area contributed by atoms with Crippen LogP contribution in [0.4, 0.5) is 13.2 Å². The van der Waals surface area contributed by atoms with Crippen LogP contribution in [0.25, 0.3) is 22.1 Å². The molecule has 0 amide bonds. The number of aromatic nitrogens is 4. The fraction of sp³-hybridized carbons (Fsp3) is 0.333. The number of nitrogens with one attached hydrogen (secondary N) is 1. The van der Waals surface area contributed by atoms with Gasteiger partial charge in [0.2, 0.25) is 5.82 Å². The summed E-state index contributed by atoms with van der Waals surface area (Å²) in [6, 6.07) is 11.7. The fourth-order valence-electron chi connectivity index (χ4n) is 4.32. The van der Waals surface area contributed by atoms with E-state index in [0.29, 0.717) is 29.4 Å². The number of nitrogens with zero attached hydrogens (tertiary/aromatic N) is 4. The number of fused-ring (bicyclic) bond motifs is 3. The van der Waals surface area contributed by atoms with Crippen molar-refractivity contribution in [2.24, 2.45) is 0 Å². The molecule has 1 saturated heterocycles. The number of pyridine rings is 1. The van der Waals surface area contributed by atoms with Crippen LogP contribution in [0.2, 0.25) is 0 Å². The maximum Gasteiger partial charge on any atom is 0.449 e. The van der Waals surface area contributed by atoms with Crippen LogP contribution < -0.4 is 0 Å². The van der Waals surface area contributed by atoms with Gasteiger partial charge in [0.1, 0.15) is 11.2 Å². The highest BCUT2D eigenvalue weighted by Crippen LogP contribution is 2.38. The van der Waals surface area contributed by atoms with Gasteiger partial charge in [-0.25, -0.2) is 9.97 Å². The zero-order valence-corrected chi connectivity index (χ0v) is 15.7. The standard InChI is InChI=1S/C21H20F3N5/c22-21(23,24)20-27-17-12-26-19-16(6-9-25-19)18(17)29(20)15-7-10-28(11-8-15)13-14-4-2-1-3-5-14/h1-6,9,12,15H,7-8,10-11,13H2,(H,25,26). The molecule has 4 aromatic rings. The van der Waals surface area contributed by atoms with Crippen LogP contribution in [0.1, 0.15) is 30.3 Å². The van der Waals surface area contributed by atoms with Gasteiger partial charge in [-0.3, -0.25) is 4.90 Å². The van der Waals surface area contributed by atoms with Crippen LogP contribution in [0, 0.1) is 0 Å². The molecule has 1 aliphatic heterocycles. The minimum absolute atomic E-state index is 0.246. The molecular formula is C21H20F3N5. The van der Waals surface area contributed by atoms with E-state index in [9.17, 15) is 13.2 Å². The molecule has 8 heteroatoms. The van der Waals surface area contributed by atoms with E-state index in [2.05, 4.69) is 32.0 Å². The average molecular weight is 399 g/mol. The number of hydrogen-bond donors (Lipinski definition) is 1. The Morgan fingerprint density at radius 3 is 2.55 bits per heavy atom. The van der Waals surface area contributed by atoms with E-state index >= 15 is 0 Å². The summed E-state index contributed by atoms with van der Waals surface area (Å²) in [5.74, 6) is -0.829. The van der Waals surface area contributed by atoms with E-state index in [-0.39, 0.29) is 11.6 Å². The van der Waals surface area contributed by atoms with Crippen LogP contribution in [-0.4, -0.2) is 37.5 Å². The van der Waals surface area contributed by atoms with Gasteiger partial charge in [-0.1, -0.05) is 30.3 Å². The number of H-pyrrole nitrogens is 1. The van der Waals surface area contributed by atoms with Gasteiger partial charge in [0.15, 0.2) is 0 Å². The van der Waals surface area contributed by atoms with Crippen LogP contribution in [0.15, 0.2) is 48.8 Å². The van der Waals surface area contributed by atoms with Gasteiger partial charge in [-0.2, -0.15) is 13.2 Å². The summed E-state index contributed by atoms with van der Waals surface area (Å²) in [6.07, 6.45) is -0.0946. The molecule has 0 unspecified atom stereocenters. The molecule has 1 fully saturated rings. The van der Waals surface area contributed by atoms with Crippen molar-refractivity contribution in [1.82, 2.24) is 24.4 Å². The maximum atomic E-state index is 13.8. The molecule has 0 saturated carbocycles. The molecule has 29 heavy (non-hydrogen) atoms. The van der Waals surface area contributed by atoms with Gasteiger partial charge in [-0.15, -0.1) is 0 Å². The monoisotopic (exact) mass is 399 g/mol. The largest absolute Gasteiger partial charge is 0.449 e. The lowest BCUT2D eigenvalue weighted by Gasteiger charge is -2.33. The van der Waals surface area contributed by atoms with Crippen molar-refractivity contribution in [3.05, 3.63) is 60.2 Å². The van der Waals surface area contributed by atoms with Crippen molar-refractivity contribution in [1.29, 1.82) is 0 Å². The molecule has 1 aliphatic rings. The summed E-state index contributed by atoms with van der Waals surface area (Å²) in [4.78, 5) is 13.4. The third-order valence-corrected chi connectivity index (χ3v) is 5.66. The fourth-order valence-corrected chi connectivity index (χ4v) is 4.32. The number of benzene rings is 1. The van der Waals surface area contributed by atoms with Crippen LogP contribution in [0.5, 0.6) is 0 Å². The Morgan fingerprint density at radius 2 is 1.83 bits per heavy atom. The smallest absolute Gasteiger partial charge is 0.346 e. The van der Waals surface area contributed by atoms with Gasteiger partial charge in [-0.05, 0) is 24.5 Å². The molecule has 1 aromatic carbocycles. The Labute approximate surface area is 165 Å². The second-order valence-corrected chi connectivity index (χ2v) is 7.53. The molecule has 0 aliphatic carbocycles.